The van der Waals surface area contributed by atoms with E-state index in [2.05, 4.69) is 9.98 Å². The highest BCUT2D eigenvalue weighted by Crippen LogP contribution is 2.40. The van der Waals surface area contributed by atoms with Crippen LogP contribution in [0, 0.1) is 0 Å². The average molecular weight is 369 g/mol. The molecule has 0 atom stereocenters. The molecule has 8 heteroatoms. The second-order valence-corrected chi connectivity index (χ2v) is 6.05. The van der Waals surface area contributed by atoms with Crippen LogP contribution < -0.4 is 4.90 Å². The summed E-state index contributed by atoms with van der Waals surface area (Å²) in [6, 6.07) is 3.70. The van der Waals surface area contributed by atoms with Crippen molar-refractivity contribution in [3.63, 3.8) is 0 Å². The van der Waals surface area contributed by atoms with Gasteiger partial charge >= 0.3 is 5.97 Å². The molecule has 27 heavy (non-hydrogen) atoms. The lowest BCUT2D eigenvalue weighted by Crippen LogP contribution is -2.36. The van der Waals surface area contributed by atoms with Crippen molar-refractivity contribution in [3.8, 4) is 5.75 Å². The molecule has 0 amide bonds. The van der Waals surface area contributed by atoms with Crippen LogP contribution in [-0.2, 0) is 9.47 Å². The lowest BCUT2D eigenvalue weighted by molar-refractivity contribution is 0.0522. The molecule has 0 aromatic carbocycles. The van der Waals surface area contributed by atoms with Gasteiger partial charge in [-0.15, -0.1) is 0 Å². The van der Waals surface area contributed by atoms with E-state index in [0.717, 1.165) is 11.1 Å². The number of nitrogens with zero attached hydrogens (tertiary/aromatic N) is 3. The van der Waals surface area contributed by atoms with Gasteiger partial charge in [0.05, 0.1) is 19.8 Å². The molecule has 2 aliphatic heterocycles. The van der Waals surface area contributed by atoms with Gasteiger partial charge in [0.1, 0.15) is 0 Å². The summed E-state index contributed by atoms with van der Waals surface area (Å²) in [5, 5.41) is 10.7. The van der Waals surface area contributed by atoms with Gasteiger partial charge in [-0.05, 0) is 25.1 Å². The largest absolute Gasteiger partial charge is 0.504 e. The number of fused-ring (bicyclic) bond motifs is 1. The van der Waals surface area contributed by atoms with Gasteiger partial charge in [-0.3, -0.25) is 0 Å². The van der Waals surface area contributed by atoms with Crippen LogP contribution in [0.5, 0.6) is 5.75 Å². The summed E-state index contributed by atoms with van der Waals surface area (Å²) in [6.45, 7) is 4.07. The van der Waals surface area contributed by atoms with Crippen LogP contribution in [-0.4, -0.2) is 55.2 Å². The number of carbonyl (C=O) groups is 1. The third kappa shape index (κ3) is 3.19. The van der Waals surface area contributed by atoms with Crippen molar-refractivity contribution in [2.24, 2.45) is 4.99 Å². The van der Waals surface area contributed by atoms with Gasteiger partial charge in [-0.1, -0.05) is 0 Å². The Morgan fingerprint density at radius 1 is 1.41 bits per heavy atom. The fourth-order valence-electron chi connectivity index (χ4n) is 3.08. The number of pyridine rings is 1. The molecule has 1 saturated heterocycles. The third-order valence-corrected chi connectivity index (χ3v) is 4.38. The molecule has 2 aromatic heterocycles. The summed E-state index contributed by atoms with van der Waals surface area (Å²) in [5.74, 6) is 0.217. The number of morpholine rings is 1. The minimum absolute atomic E-state index is 0.0342. The van der Waals surface area contributed by atoms with E-state index < -0.39 is 5.97 Å². The van der Waals surface area contributed by atoms with Gasteiger partial charge in [0.2, 0.25) is 5.88 Å². The van der Waals surface area contributed by atoms with Crippen molar-refractivity contribution in [1.82, 2.24) is 4.98 Å². The van der Waals surface area contributed by atoms with Gasteiger partial charge in [0.25, 0.3) is 0 Å². The Bertz CT molecular complexity index is 925. The number of ether oxygens (including phenoxy) is 2. The zero-order valence-corrected chi connectivity index (χ0v) is 14.8. The van der Waals surface area contributed by atoms with Crippen molar-refractivity contribution in [3.05, 3.63) is 35.2 Å². The van der Waals surface area contributed by atoms with E-state index >= 15 is 0 Å². The predicted molar refractivity (Wildman–Crippen MR) is 99.6 cm³/mol. The van der Waals surface area contributed by atoms with Gasteiger partial charge in [0.15, 0.2) is 22.9 Å². The van der Waals surface area contributed by atoms with E-state index in [1.54, 1.807) is 25.4 Å². The van der Waals surface area contributed by atoms with E-state index in [1.165, 1.54) is 0 Å². The van der Waals surface area contributed by atoms with E-state index in [4.69, 9.17) is 13.9 Å². The zero-order chi connectivity index (χ0) is 18.8. The Morgan fingerprint density at radius 3 is 3.00 bits per heavy atom. The lowest BCUT2D eigenvalue weighted by atomic mass is 10.1. The molecule has 140 valence electrons. The number of aliphatic imine (C=N–C) groups is 1. The molecule has 8 nitrogen and oxygen atoms in total. The Balaban J connectivity index is 1.77. The highest BCUT2D eigenvalue weighted by Gasteiger charge is 2.30. The number of rotatable bonds is 4. The van der Waals surface area contributed by atoms with E-state index in [-0.39, 0.29) is 23.7 Å². The number of furan rings is 1. The molecular formula is C19H19N3O5. The van der Waals surface area contributed by atoms with E-state index in [1.807, 2.05) is 17.0 Å². The standard InChI is InChI=1S/C19H19N3O5/c1-2-26-19(24)15-16(23)14(27-18(15)22-6-8-25-9-7-22)10-12-11-21-17-13(12)4-3-5-20-17/h3-5,10-11,23H,2,6-9H2,1H3/b12-10+. The molecule has 2 aromatic rings. The molecule has 4 heterocycles. The summed E-state index contributed by atoms with van der Waals surface area (Å²) in [4.78, 5) is 22.7. The Kier molecular flexibility index (Phi) is 4.64. The van der Waals surface area contributed by atoms with E-state index in [0.29, 0.717) is 38.0 Å². The second kappa shape index (κ2) is 7.24. The molecule has 0 unspecified atom stereocenters. The molecule has 4 rings (SSSR count). The van der Waals surface area contributed by atoms with Crippen LogP contribution in [0.3, 0.4) is 0 Å². The van der Waals surface area contributed by atoms with Gasteiger partial charge in [0, 0.05) is 36.6 Å². The lowest BCUT2D eigenvalue weighted by Gasteiger charge is -2.26. The van der Waals surface area contributed by atoms with Gasteiger partial charge in [-0.2, -0.15) is 0 Å². The molecule has 0 spiro atoms. The zero-order valence-electron chi connectivity index (χ0n) is 14.8. The average Bonchev–Trinajstić information content (AvgIpc) is 3.25. The first-order valence-corrected chi connectivity index (χ1v) is 8.75. The molecule has 0 radical (unpaired) electrons. The van der Waals surface area contributed by atoms with Crippen LogP contribution >= 0.6 is 0 Å². The topological polar surface area (TPSA) is 97.4 Å². The highest BCUT2D eigenvalue weighted by atomic mass is 16.5. The van der Waals surface area contributed by atoms with Gasteiger partial charge < -0.3 is 23.9 Å². The van der Waals surface area contributed by atoms with E-state index in [9.17, 15) is 9.90 Å². The van der Waals surface area contributed by atoms with Crippen molar-refractivity contribution in [1.29, 1.82) is 0 Å². The van der Waals surface area contributed by atoms with Crippen molar-refractivity contribution in [2.45, 2.75) is 6.92 Å². The summed E-state index contributed by atoms with van der Waals surface area (Å²) in [7, 11) is 0. The van der Waals surface area contributed by atoms with Crippen LogP contribution in [0.1, 0.15) is 28.6 Å². The number of esters is 1. The van der Waals surface area contributed by atoms with Crippen LogP contribution in [0.25, 0.3) is 11.6 Å². The molecule has 2 aliphatic rings. The molecular weight excluding hydrogens is 350 g/mol. The van der Waals surface area contributed by atoms with Gasteiger partial charge in [-0.25, -0.2) is 14.8 Å². The maximum absolute atomic E-state index is 12.4. The minimum Gasteiger partial charge on any atom is -0.504 e. The quantitative estimate of drug-likeness (QED) is 0.828. The molecule has 0 aliphatic carbocycles. The third-order valence-electron chi connectivity index (χ3n) is 4.38. The van der Waals surface area contributed by atoms with Crippen molar-refractivity contribution >= 4 is 35.5 Å². The van der Waals surface area contributed by atoms with Crippen LogP contribution in [0.15, 0.2) is 27.7 Å². The van der Waals surface area contributed by atoms with Crippen molar-refractivity contribution < 1.29 is 23.8 Å². The number of aromatic nitrogens is 1. The number of carbonyl (C=O) groups excluding carboxylic acids is 1. The summed E-state index contributed by atoms with van der Waals surface area (Å²) in [6.07, 6.45) is 4.97. The fraction of sp³-hybridized carbons (Fsp3) is 0.316. The minimum atomic E-state index is -0.618. The fourth-order valence-corrected chi connectivity index (χ4v) is 3.08. The predicted octanol–water partition coefficient (Wildman–Crippen LogP) is 2.65. The maximum atomic E-state index is 12.4. The van der Waals surface area contributed by atoms with Crippen LogP contribution in [0.2, 0.25) is 0 Å². The smallest absolute Gasteiger partial charge is 0.347 e. The maximum Gasteiger partial charge on any atom is 0.347 e. The number of hydrogen-bond acceptors (Lipinski definition) is 8. The first-order valence-electron chi connectivity index (χ1n) is 8.75. The normalized spacial score (nSPS) is 17.4. The summed E-state index contributed by atoms with van der Waals surface area (Å²) >= 11 is 0. The summed E-state index contributed by atoms with van der Waals surface area (Å²) < 4.78 is 16.4. The van der Waals surface area contributed by atoms with Crippen LogP contribution in [0.4, 0.5) is 11.7 Å². The highest BCUT2D eigenvalue weighted by molar-refractivity contribution is 6.21. The first-order chi connectivity index (χ1) is 13.2. The molecule has 1 N–H and O–H groups in total. The molecule has 0 saturated carbocycles. The first kappa shape index (κ1) is 17.3. The SMILES string of the molecule is CCOC(=O)c1c(N2CCOCC2)oc(/C=C2\C=Nc3ncccc32)c1O. The molecule has 0 bridgehead atoms. The monoisotopic (exact) mass is 369 g/mol. The Hall–Kier alpha value is -3.13. The number of aromatic hydroxyl groups is 1. The Morgan fingerprint density at radius 2 is 2.22 bits per heavy atom. The van der Waals surface area contributed by atoms with Crippen molar-refractivity contribution in [2.75, 3.05) is 37.8 Å². The summed E-state index contributed by atoms with van der Waals surface area (Å²) in [5.41, 5.74) is 1.61. The molecule has 1 fully saturated rings. The Labute approximate surface area is 155 Å². The number of hydrogen-bond donors (Lipinski definition) is 1. The number of allylic oxidation sites excluding steroid dienone is 1. The number of anilines is 1. The second-order valence-electron chi connectivity index (χ2n) is 6.05.